The second-order valence-corrected chi connectivity index (χ2v) is 4.67. The van der Waals surface area contributed by atoms with Crippen molar-refractivity contribution in [3.63, 3.8) is 0 Å². The molecule has 0 aromatic rings. The van der Waals surface area contributed by atoms with Gasteiger partial charge in [-0.15, -0.1) is 0 Å². The molecule has 3 aliphatic rings. The molecule has 2 aliphatic heterocycles. The van der Waals surface area contributed by atoms with E-state index in [-0.39, 0.29) is 6.54 Å². The fraction of sp³-hybridized carbons (Fsp3) is 0.778. The SMILES string of the molecule is C[C@]12C[C@H]([C@H]1C(=O)O)N(C(=O)C(F)(F)F)C2. The van der Waals surface area contributed by atoms with Crippen molar-refractivity contribution in [3.05, 3.63) is 0 Å². The number of nitrogens with zero attached hydrogens (tertiary/aromatic N) is 1. The highest BCUT2D eigenvalue weighted by Gasteiger charge is 2.67. The average molecular weight is 237 g/mol. The largest absolute Gasteiger partial charge is 0.481 e. The number of carboxylic acids is 1. The highest BCUT2D eigenvalue weighted by Crippen LogP contribution is 2.56. The zero-order valence-electron chi connectivity index (χ0n) is 8.41. The predicted molar refractivity (Wildman–Crippen MR) is 45.4 cm³/mol. The molecule has 1 amide bonds. The fourth-order valence-corrected chi connectivity index (χ4v) is 2.83. The van der Waals surface area contributed by atoms with Gasteiger partial charge in [0, 0.05) is 18.0 Å². The van der Waals surface area contributed by atoms with Crippen molar-refractivity contribution in [3.8, 4) is 0 Å². The molecule has 16 heavy (non-hydrogen) atoms. The fourth-order valence-electron chi connectivity index (χ4n) is 2.83. The van der Waals surface area contributed by atoms with E-state index in [0.29, 0.717) is 11.3 Å². The maximum Gasteiger partial charge on any atom is 0.471 e. The molecule has 0 aromatic heterocycles. The van der Waals surface area contributed by atoms with Gasteiger partial charge in [-0.05, 0) is 6.42 Å². The second-order valence-electron chi connectivity index (χ2n) is 4.67. The third-order valence-electron chi connectivity index (χ3n) is 3.51. The van der Waals surface area contributed by atoms with Crippen molar-refractivity contribution in [1.29, 1.82) is 0 Å². The third-order valence-corrected chi connectivity index (χ3v) is 3.51. The van der Waals surface area contributed by atoms with Crippen LogP contribution in [-0.2, 0) is 9.59 Å². The molecular formula is C9H10F3NO3. The molecule has 0 spiro atoms. The smallest absolute Gasteiger partial charge is 0.471 e. The summed E-state index contributed by atoms with van der Waals surface area (Å²) in [5, 5.41) is 8.86. The van der Waals surface area contributed by atoms with Crippen molar-refractivity contribution in [1.82, 2.24) is 4.90 Å². The molecule has 0 radical (unpaired) electrons. The number of halogens is 3. The van der Waals surface area contributed by atoms with Gasteiger partial charge in [-0.2, -0.15) is 13.2 Å². The number of rotatable bonds is 1. The Balaban J connectivity index is 2.19. The Morgan fingerprint density at radius 3 is 2.38 bits per heavy atom. The molecule has 4 nitrogen and oxygen atoms in total. The quantitative estimate of drug-likeness (QED) is 0.736. The van der Waals surface area contributed by atoms with Crippen LogP contribution in [0.5, 0.6) is 0 Å². The van der Waals surface area contributed by atoms with Crippen molar-refractivity contribution >= 4 is 11.9 Å². The molecule has 3 fully saturated rings. The summed E-state index contributed by atoms with van der Waals surface area (Å²) in [6.45, 7) is 1.49. The van der Waals surface area contributed by atoms with E-state index in [1.165, 1.54) is 0 Å². The summed E-state index contributed by atoms with van der Waals surface area (Å²) in [6.07, 6.45) is -4.58. The number of carbonyl (C=O) groups excluding carboxylic acids is 1. The van der Waals surface area contributed by atoms with Crippen LogP contribution in [0.15, 0.2) is 0 Å². The van der Waals surface area contributed by atoms with Crippen LogP contribution >= 0.6 is 0 Å². The van der Waals surface area contributed by atoms with Crippen LogP contribution < -0.4 is 0 Å². The van der Waals surface area contributed by atoms with E-state index < -0.39 is 35.4 Å². The minimum atomic E-state index is -4.92. The second kappa shape index (κ2) is 2.89. The Kier molecular flexibility index (Phi) is 2.03. The van der Waals surface area contributed by atoms with E-state index in [4.69, 9.17) is 5.11 Å². The Hall–Kier alpha value is -1.27. The number of fused-ring (bicyclic) bond motifs is 1. The van der Waals surface area contributed by atoms with Gasteiger partial charge in [0.2, 0.25) is 0 Å². The van der Waals surface area contributed by atoms with E-state index >= 15 is 0 Å². The van der Waals surface area contributed by atoms with Crippen LogP contribution in [-0.4, -0.2) is 40.6 Å². The molecule has 1 N–H and O–H groups in total. The van der Waals surface area contributed by atoms with Gasteiger partial charge in [0.25, 0.3) is 0 Å². The van der Waals surface area contributed by atoms with Gasteiger partial charge in [0.05, 0.1) is 5.92 Å². The van der Waals surface area contributed by atoms with Crippen molar-refractivity contribution in [2.45, 2.75) is 25.6 Å². The lowest BCUT2D eigenvalue weighted by Crippen LogP contribution is -2.51. The van der Waals surface area contributed by atoms with Crippen molar-refractivity contribution < 1.29 is 27.9 Å². The van der Waals surface area contributed by atoms with Gasteiger partial charge in [-0.1, -0.05) is 6.92 Å². The Morgan fingerprint density at radius 2 is 2.00 bits per heavy atom. The number of hydrogen-bond acceptors (Lipinski definition) is 2. The van der Waals surface area contributed by atoms with Gasteiger partial charge >= 0.3 is 18.1 Å². The summed E-state index contributed by atoms with van der Waals surface area (Å²) in [4.78, 5) is 22.5. The predicted octanol–water partition coefficient (Wildman–Crippen LogP) is 0.870. The van der Waals surface area contributed by atoms with Gasteiger partial charge in [0.15, 0.2) is 0 Å². The summed E-state index contributed by atoms with van der Waals surface area (Å²) in [5.74, 6) is -3.92. The van der Waals surface area contributed by atoms with Crippen molar-refractivity contribution in [2.75, 3.05) is 6.54 Å². The van der Waals surface area contributed by atoms with Gasteiger partial charge < -0.3 is 10.0 Å². The minimum absolute atomic E-state index is 0.118. The normalized spacial score (nSPS) is 37.1. The van der Waals surface area contributed by atoms with Gasteiger partial charge in [0.1, 0.15) is 0 Å². The van der Waals surface area contributed by atoms with Gasteiger partial charge in [-0.25, -0.2) is 0 Å². The third kappa shape index (κ3) is 1.30. The molecule has 2 saturated heterocycles. The van der Waals surface area contributed by atoms with Crippen molar-refractivity contribution in [2.24, 2.45) is 11.3 Å². The van der Waals surface area contributed by atoms with E-state index in [0.717, 1.165) is 0 Å². The van der Waals surface area contributed by atoms with Gasteiger partial charge in [-0.3, -0.25) is 9.59 Å². The van der Waals surface area contributed by atoms with Crippen LogP contribution in [0.2, 0.25) is 0 Å². The van der Waals surface area contributed by atoms with Crippen LogP contribution in [0.1, 0.15) is 13.3 Å². The Morgan fingerprint density at radius 1 is 1.44 bits per heavy atom. The lowest BCUT2D eigenvalue weighted by molar-refractivity contribution is -0.186. The number of alkyl halides is 3. The monoisotopic (exact) mass is 237 g/mol. The highest BCUT2D eigenvalue weighted by atomic mass is 19.4. The zero-order valence-corrected chi connectivity index (χ0v) is 8.41. The molecule has 1 aliphatic carbocycles. The lowest BCUT2D eigenvalue weighted by atomic mass is 9.62. The molecule has 3 rings (SSSR count). The molecule has 2 heterocycles. The topological polar surface area (TPSA) is 57.6 Å². The van der Waals surface area contributed by atoms with E-state index in [9.17, 15) is 22.8 Å². The molecule has 0 aromatic carbocycles. The van der Waals surface area contributed by atoms with Crippen LogP contribution in [0, 0.1) is 11.3 Å². The molecule has 7 heteroatoms. The minimum Gasteiger partial charge on any atom is -0.481 e. The maximum absolute atomic E-state index is 12.2. The number of carboxylic acid groups (broad SMARTS) is 1. The van der Waals surface area contributed by atoms with Crippen LogP contribution in [0.4, 0.5) is 13.2 Å². The summed E-state index contributed by atoms with van der Waals surface area (Å²) in [6, 6.07) is -0.795. The standard InChI is InChI=1S/C9H10F3NO3/c1-8-2-4(5(8)6(14)15)13(3-8)7(16)9(10,11)12/h4-5H,2-3H2,1H3,(H,14,15)/t4-,5+,8-/m1/s1. The molecule has 2 bridgehead atoms. The Bertz CT molecular complexity index is 368. The molecule has 90 valence electrons. The van der Waals surface area contributed by atoms with E-state index in [2.05, 4.69) is 0 Å². The number of aliphatic carboxylic acids is 1. The number of hydrogen-bond donors (Lipinski definition) is 1. The van der Waals surface area contributed by atoms with E-state index in [1.807, 2.05) is 0 Å². The summed E-state index contributed by atoms with van der Waals surface area (Å²) < 4.78 is 36.6. The highest BCUT2D eigenvalue weighted by molar-refractivity contribution is 5.85. The summed E-state index contributed by atoms with van der Waals surface area (Å²) in [5.41, 5.74) is -0.697. The molecule has 0 unspecified atom stereocenters. The lowest BCUT2D eigenvalue weighted by Gasteiger charge is -2.40. The maximum atomic E-state index is 12.2. The Labute approximate surface area is 89.0 Å². The van der Waals surface area contributed by atoms with Crippen LogP contribution in [0.3, 0.4) is 0 Å². The molecule has 3 atom stereocenters. The zero-order chi connectivity index (χ0) is 12.3. The first-order chi connectivity index (χ1) is 7.17. The van der Waals surface area contributed by atoms with Crippen LogP contribution in [0.25, 0.3) is 0 Å². The first-order valence-corrected chi connectivity index (χ1v) is 4.77. The first kappa shape index (κ1) is 11.2. The first-order valence-electron chi connectivity index (χ1n) is 4.77. The van der Waals surface area contributed by atoms with E-state index in [1.54, 1.807) is 6.92 Å². The number of carbonyl (C=O) groups is 2. The molecular weight excluding hydrogens is 227 g/mol. The number of amides is 1. The summed E-state index contributed by atoms with van der Waals surface area (Å²) >= 11 is 0. The molecule has 1 saturated carbocycles. The summed E-state index contributed by atoms with van der Waals surface area (Å²) in [7, 11) is 0. The average Bonchev–Trinajstić information content (AvgIpc) is 2.52.